The lowest BCUT2D eigenvalue weighted by Crippen LogP contribution is -2.55. The third-order valence-electron chi connectivity index (χ3n) is 14.6. The van der Waals surface area contributed by atoms with Crippen LogP contribution in [0.3, 0.4) is 0 Å². The molecule has 6 saturated heterocycles. The molecule has 75 heavy (non-hydrogen) atoms. The van der Waals surface area contributed by atoms with Crippen molar-refractivity contribution >= 4 is 47.9 Å². The number of cyclic esters (lactones) is 1. The summed E-state index contributed by atoms with van der Waals surface area (Å²) in [6.45, 7) is 17.5. The minimum absolute atomic E-state index is 0.125. The molecule has 2 aromatic heterocycles. The van der Waals surface area contributed by atoms with Gasteiger partial charge < -0.3 is 28.8 Å². The summed E-state index contributed by atoms with van der Waals surface area (Å²) in [5.41, 5.74) is 21.2. The molecular weight excluding hydrogens is 973 g/mol. The van der Waals surface area contributed by atoms with Crippen LogP contribution in [0.5, 0.6) is 11.5 Å². The molecule has 5 aromatic rings. The molecule has 0 spiro atoms. The molecule has 12 rings (SSSR count). The number of nitrogens with zero attached hydrogens (tertiary/aromatic N) is 10. The fraction of sp³-hybridized carbons (Fsp3) is 0.473. The van der Waals surface area contributed by atoms with Crippen molar-refractivity contribution in [1.82, 2.24) is 19.8 Å². The summed E-state index contributed by atoms with van der Waals surface area (Å²) in [5, 5.41) is 14.8. The van der Waals surface area contributed by atoms with E-state index in [1.807, 2.05) is 68.2 Å². The van der Waals surface area contributed by atoms with Gasteiger partial charge in [0.15, 0.2) is 0 Å². The molecule has 0 saturated carbocycles. The first-order valence-electron chi connectivity index (χ1n) is 25.4. The molecule has 7 aliphatic rings. The molecule has 0 radical (unpaired) electrons. The Morgan fingerprint density at radius 2 is 1.37 bits per heavy atom. The zero-order chi connectivity index (χ0) is 53.8. The fourth-order valence-corrected chi connectivity index (χ4v) is 11.4. The first kappa shape index (κ1) is 55.7. The van der Waals surface area contributed by atoms with Gasteiger partial charge in [0.2, 0.25) is 6.29 Å². The standard InChI is InChI=1S/C22H27N5O3.C22H26N2O3.C8H6O3.C3H9N3Si/c1-14(28)30-22(18-6-8-24-20-4-3-17(29-2)12-19(18)20)21-11-15-7-10-27(21)13-16(15)5-9-25-26-23;1-4-15-13-24-10-8-16(15)11-21(24)22(27-14(2)25)18-7-9-23-20-6-5-17(26-3)12-19(18)20;9-7-5-3-1-2-4-6(5)8(10)11-7;1-7(2,3)6-5-4/h3-4,6,8,12,15-16,21-22H,5,7,9-11,13H2,1-2H3;4-7,9,12,15-16,21-22H,1,8,10-11,13H2,2-3H3;1-4,7,9H;1-3H3/t2*15?,16?,21?,22-;;/m11../s1. The Bertz CT molecular complexity index is 2940. The molecular formula is C55H68N10O9Si. The van der Waals surface area contributed by atoms with Gasteiger partial charge in [-0.3, -0.25) is 29.4 Å². The number of esters is 3. The van der Waals surface area contributed by atoms with Crippen LogP contribution in [0, 0.1) is 23.7 Å². The largest absolute Gasteiger partial charge is 0.497 e. The van der Waals surface area contributed by atoms with Crippen molar-refractivity contribution in [3.8, 4) is 11.5 Å². The minimum Gasteiger partial charge on any atom is -0.497 e. The highest BCUT2D eigenvalue weighted by atomic mass is 28.3. The van der Waals surface area contributed by atoms with Gasteiger partial charge in [-0.1, -0.05) is 49.0 Å². The van der Waals surface area contributed by atoms with Gasteiger partial charge in [-0.2, -0.15) is 0 Å². The summed E-state index contributed by atoms with van der Waals surface area (Å²) in [7, 11) is 1.85. The number of benzene rings is 3. The number of carbonyl (C=O) groups is 3. The lowest BCUT2D eigenvalue weighted by Gasteiger charge is -2.52. The van der Waals surface area contributed by atoms with E-state index in [4.69, 9.17) is 35.1 Å². The Morgan fingerprint density at radius 1 is 0.827 bits per heavy atom. The predicted molar refractivity (Wildman–Crippen MR) is 287 cm³/mol. The zero-order valence-corrected chi connectivity index (χ0v) is 44.8. The summed E-state index contributed by atoms with van der Waals surface area (Å²) < 4.78 is 30.8. The normalized spacial score (nSPS) is 24.5. The van der Waals surface area contributed by atoms with Gasteiger partial charge in [-0.25, -0.2) is 4.79 Å². The topological polar surface area (TPSA) is 247 Å². The highest BCUT2D eigenvalue weighted by Gasteiger charge is 2.46. The Balaban J connectivity index is 0.000000165. The SMILES string of the molecule is C=CC1CN2CCC1CC2[C@H](OC(C)=O)c1ccnc2ccc(OC)cc12.COc1ccc2nccc([C@@H](OC(C)=O)C3CC4CCN3CC4CCN=[N+]=[N-])c2c1.C[Si](C)(C)N=[N+]=[N-].O=C1OC(O)c2ccccc21. The number of ether oxygens (including phenoxy) is 5. The number of aromatic nitrogens is 2. The van der Waals surface area contributed by atoms with Crippen LogP contribution in [0.25, 0.3) is 42.7 Å². The number of pyridine rings is 2. The predicted octanol–water partition coefficient (Wildman–Crippen LogP) is 11.0. The van der Waals surface area contributed by atoms with Crippen molar-refractivity contribution in [2.24, 2.45) is 33.6 Å². The van der Waals surface area contributed by atoms with Gasteiger partial charge in [0, 0.05) is 78.2 Å². The van der Waals surface area contributed by atoms with Crippen LogP contribution in [-0.2, 0) is 23.8 Å². The van der Waals surface area contributed by atoms with E-state index in [0.717, 1.165) is 96.3 Å². The Labute approximate surface area is 438 Å². The van der Waals surface area contributed by atoms with E-state index in [1.165, 1.54) is 20.3 Å². The van der Waals surface area contributed by atoms with Gasteiger partial charge >= 0.3 is 17.9 Å². The first-order chi connectivity index (χ1) is 36.1. The van der Waals surface area contributed by atoms with Gasteiger partial charge in [0.1, 0.15) is 31.9 Å². The molecule has 11 atom stereocenters. The van der Waals surface area contributed by atoms with Crippen LogP contribution in [0.2, 0.25) is 19.6 Å². The summed E-state index contributed by atoms with van der Waals surface area (Å²) in [6, 6.07) is 22.7. The van der Waals surface area contributed by atoms with Gasteiger partial charge in [0.05, 0.1) is 42.9 Å². The van der Waals surface area contributed by atoms with Crippen molar-refractivity contribution in [2.75, 3.05) is 46.9 Å². The molecule has 7 aliphatic heterocycles. The average molecular weight is 1040 g/mol. The molecule has 9 heterocycles. The maximum absolute atomic E-state index is 12.0. The van der Waals surface area contributed by atoms with Crippen molar-refractivity contribution in [3.05, 3.63) is 141 Å². The summed E-state index contributed by atoms with van der Waals surface area (Å²) >= 11 is 0. The Morgan fingerprint density at radius 3 is 1.81 bits per heavy atom. The summed E-state index contributed by atoms with van der Waals surface area (Å²) in [5.74, 6) is 2.75. The van der Waals surface area contributed by atoms with Gasteiger partial charge in [-0.05, 0) is 139 Å². The maximum atomic E-state index is 12.0. The third-order valence-corrected chi connectivity index (χ3v) is 15.3. The molecule has 3 aromatic carbocycles. The highest BCUT2D eigenvalue weighted by Crippen LogP contribution is 2.46. The van der Waals surface area contributed by atoms with E-state index < -0.39 is 20.5 Å². The van der Waals surface area contributed by atoms with Gasteiger partial charge in [-0.15, -0.1) is 11.4 Å². The number of hydrogen-bond donors (Lipinski definition) is 1. The molecule has 1 N–H and O–H groups in total. The maximum Gasteiger partial charge on any atom is 0.341 e. The van der Waals surface area contributed by atoms with Crippen LogP contribution in [0.4, 0.5) is 0 Å². The second-order valence-corrected chi connectivity index (χ2v) is 25.0. The molecule has 20 heteroatoms. The van der Waals surface area contributed by atoms with Crippen LogP contribution in [-0.4, -0.2) is 110 Å². The molecule has 4 bridgehead atoms. The molecule has 6 fully saturated rings. The van der Waals surface area contributed by atoms with E-state index in [0.29, 0.717) is 41.3 Å². The Kier molecular flexibility index (Phi) is 18.9. The van der Waals surface area contributed by atoms with Crippen molar-refractivity contribution in [2.45, 2.75) is 96.2 Å². The second kappa shape index (κ2) is 25.5. The number of carbonyl (C=O) groups excluding carboxylic acids is 3. The van der Waals surface area contributed by atoms with E-state index in [1.54, 1.807) is 50.9 Å². The number of rotatable bonds is 13. The number of azide groups is 2. The monoisotopic (exact) mass is 1040 g/mol. The number of aliphatic hydroxyl groups is 1. The molecule has 0 aliphatic carbocycles. The van der Waals surface area contributed by atoms with Crippen LogP contribution in [0.1, 0.15) is 91.5 Å². The summed E-state index contributed by atoms with van der Waals surface area (Å²) in [6.07, 6.45) is 9.12. The van der Waals surface area contributed by atoms with E-state index in [9.17, 15) is 14.4 Å². The van der Waals surface area contributed by atoms with Crippen LogP contribution in [0.15, 0.2) is 108 Å². The fourth-order valence-electron chi connectivity index (χ4n) is 11.1. The number of methoxy groups -OCH3 is 2. The van der Waals surface area contributed by atoms with Crippen LogP contribution < -0.4 is 9.47 Å². The second-order valence-electron chi connectivity index (χ2n) is 20.4. The van der Waals surface area contributed by atoms with E-state index >= 15 is 0 Å². The van der Waals surface area contributed by atoms with E-state index in [2.05, 4.69) is 56.9 Å². The smallest absolute Gasteiger partial charge is 0.341 e. The van der Waals surface area contributed by atoms with Crippen molar-refractivity contribution < 1.29 is 43.2 Å². The number of piperidine rings is 6. The van der Waals surface area contributed by atoms with Crippen LogP contribution >= 0.6 is 0 Å². The lowest BCUT2D eigenvalue weighted by atomic mass is 9.72. The molecule has 19 nitrogen and oxygen atoms in total. The molecule has 0 amide bonds. The molecule has 396 valence electrons. The van der Waals surface area contributed by atoms with Crippen molar-refractivity contribution in [1.29, 1.82) is 0 Å². The quantitative estimate of drug-likeness (QED) is 0.0219. The number of aliphatic hydroxyl groups excluding tert-OH is 1. The molecule has 9 unspecified atom stereocenters. The first-order valence-corrected chi connectivity index (χ1v) is 28.9. The average Bonchev–Trinajstić information content (AvgIpc) is 3.71. The van der Waals surface area contributed by atoms with Gasteiger partial charge in [0.25, 0.3) is 0 Å². The third kappa shape index (κ3) is 13.8. The Hall–Kier alpha value is -7.05. The van der Waals surface area contributed by atoms with Crippen molar-refractivity contribution in [3.63, 3.8) is 0 Å². The van der Waals surface area contributed by atoms with E-state index in [-0.39, 0.29) is 36.2 Å². The lowest BCUT2D eigenvalue weighted by molar-refractivity contribution is -0.155. The number of fused-ring (bicyclic) bond motifs is 9. The summed E-state index contributed by atoms with van der Waals surface area (Å²) in [4.78, 5) is 54.3. The minimum atomic E-state index is -1.45. The zero-order valence-electron chi connectivity index (χ0n) is 43.8. The highest BCUT2D eigenvalue weighted by molar-refractivity contribution is 6.74. The number of hydrogen-bond acceptors (Lipinski definition) is 15.